The summed E-state index contributed by atoms with van der Waals surface area (Å²) < 4.78 is 49.5. The highest BCUT2D eigenvalue weighted by Gasteiger charge is 2.20. The zero-order chi connectivity index (χ0) is 20.2. The molecule has 146 valence electrons. The summed E-state index contributed by atoms with van der Waals surface area (Å²) in [7, 11) is -7.80. The van der Waals surface area contributed by atoms with E-state index in [2.05, 4.69) is 4.72 Å². The second kappa shape index (κ2) is 8.10. The van der Waals surface area contributed by atoms with Crippen LogP contribution in [-0.2, 0) is 33.1 Å². The van der Waals surface area contributed by atoms with E-state index in [1.54, 1.807) is 0 Å². The van der Waals surface area contributed by atoms with Gasteiger partial charge in [-0.1, -0.05) is 12.1 Å². The molecular weight excluding hydrogens is 398 g/mol. The normalized spacial score (nSPS) is 12.1. The van der Waals surface area contributed by atoms with Gasteiger partial charge in [0.05, 0.1) is 21.3 Å². The molecule has 0 saturated heterocycles. The number of hydrogen-bond acceptors (Lipinski definition) is 7. The van der Waals surface area contributed by atoms with Gasteiger partial charge in [-0.25, -0.2) is 26.7 Å². The second-order valence-corrected chi connectivity index (χ2v) is 8.84. The minimum atomic E-state index is -4.00. The van der Waals surface area contributed by atoms with Crippen molar-refractivity contribution in [1.29, 1.82) is 0 Å². The third-order valence-electron chi connectivity index (χ3n) is 3.67. The highest BCUT2D eigenvalue weighted by atomic mass is 32.2. The maximum Gasteiger partial charge on any atom is 0.269 e. The van der Waals surface area contributed by atoms with Gasteiger partial charge in [0, 0.05) is 24.2 Å². The molecule has 0 fully saturated rings. The van der Waals surface area contributed by atoms with Crippen molar-refractivity contribution >= 4 is 25.7 Å². The van der Waals surface area contributed by atoms with E-state index in [0.29, 0.717) is 5.56 Å². The standard InChI is InChI=1S/C15H17N3O7S2/c16-26(22,23)14-4-1-11(2-5-14)7-8-17-27(24,25)15-6-3-13(18(20)21)9-12(15)10-19/h1-6,9,17,19H,7-8,10H2,(H2,16,22,23). The SMILES string of the molecule is NS(=O)(=O)c1ccc(CCNS(=O)(=O)c2ccc([N+](=O)[O-])cc2CO)cc1. The van der Waals surface area contributed by atoms with Crippen LogP contribution in [0.4, 0.5) is 5.69 Å². The molecule has 27 heavy (non-hydrogen) atoms. The number of rotatable bonds is 8. The molecule has 0 bridgehead atoms. The van der Waals surface area contributed by atoms with Gasteiger partial charge in [0.25, 0.3) is 5.69 Å². The molecule has 0 amide bonds. The summed E-state index contributed by atoms with van der Waals surface area (Å²) in [5.74, 6) is 0. The highest BCUT2D eigenvalue weighted by molar-refractivity contribution is 7.89. The molecule has 0 saturated carbocycles. The minimum absolute atomic E-state index is 0.00108. The average molecular weight is 415 g/mol. The average Bonchev–Trinajstić information content (AvgIpc) is 2.60. The topological polar surface area (TPSA) is 170 Å². The molecule has 0 atom stereocenters. The maximum atomic E-state index is 12.4. The lowest BCUT2D eigenvalue weighted by molar-refractivity contribution is -0.385. The molecule has 2 aromatic rings. The molecule has 0 spiro atoms. The van der Waals surface area contributed by atoms with Crippen LogP contribution in [0, 0.1) is 10.1 Å². The number of nitro benzene ring substituents is 1. The molecule has 4 N–H and O–H groups in total. The van der Waals surface area contributed by atoms with Crippen molar-refractivity contribution in [1.82, 2.24) is 4.72 Å². The first-order valence-corrected chi connectivity index (χ1v) is 10.6. The van der Waals surface area contributed by atoms with Crippen LogP contribution in [0.1, 0.15) is 11.1 Å². The molecule has 0 aliphatic rings. The predicted octanol–water partition coefficient (Wildman–Crippen LogP) is 0.255. The van der Waals surface area contributed by atoms with E-state index in [1.165, 1.54) is 24.3 Å². The van der Waals surface area contributed by atoms with E-state index in [0.717, 1.165) is 18.2 Å². The Morgan fingerprint density at radius 3 is 2.22 bits per heavy atom. The summed E-state index contributed by atoms with van der Waals surface area (Å²) in [5, 5.41) is 25.1. The molecule has 0 unspecified atom stereocenters. The van der Waals surface area contributed by atoms with Crippen LogP contribution in [0.3, 0.4) is 0 Å². The number of hydrogen-bond donors (Lipinski definition) is 3. The Bertz CT molecular complexity index is 1050. The first kappa shape index (κ1) is 20.9. The molecule has 0 radical (unpaired) electrons. The number of nitro groups is 1. The predicted molar refractivity (Wildman–Crippen MR) is 95.7 cm³/mol. The van der Waals surface area contributed by atoms with Crippen LogP contribution in [0.15, 0.2) is 52.3 Å². The van der Waals surface area contributed by atoms with Gasteiger partial charge in [-0.05, 0) is 30.2 Å². The third kappa shape index (κ3) is 5.30. The van der Waals surface area contributed by atoms with Crippen LogP contribution >= 0.6 is 0 Å². The number of aliphatic hydroxyl groups excluding tert-OH is 1. The molecule has 0 heterocycles. The summed E-state index contributed by atoms with van der Waals surface area (Å²) >= 11 is 0. The Labute approximate surface area is 155 Å². The van der Waals surface area contributed by atoms with Gasteiger partial charge in [-0.15, -0.1) is 0 Å². The van der Waals surface area contributed by atoms with Crippen LogP contribution in [0.5, 0.6) is 0 Å². The molecular formula is C15H17N3O7S2. The number of benzene rings is 2. The molecule has 0 aliphatic heterocycles. The molecule has 10 nitrogen and oxygen atoms in total. The Kier molecular flexibility index (Phi) is 6.28. The van der Waals surface area contributed by atoms with Crippen LogP contribution in [-0.4, -0.2) is 33.4 Å². The van der Waals surface area contributed by atoms with E-state index in [9.17, 15) is 32.1 Å². The largest absolute Gasteiger partial charge is 0.392 e. The lowest BCUT2D eigenvalue weighted by Crippen LogP contribution is -2.27. The molecule has 0 aliphatic carbocycles. The molecule has 2 rings (SSSR count). The number of primary sulfonamides is 1. The fourth-order valence-electron chi connectivity index (χ4n) is 2.32. The maximum absolute atomic E-state index is 12.4. The summed E-state index contributed by atoms with van der Waals surface area (Å²) in [6, 6.07) is 8.77. The van der Waals surface area contributed by atoms with Crippen molar-refractivity contribution in [3.63, 3.8) is 0 Å². The van der Waals surface area contributed by atoms with Gasteiger partial charge in [0.2, 0.25) is 20.0 Å². The zero-order valence-electron chi connectivity index (χ0n) is 13.9. The van der Waals surface area contributed by atoms with Crippen LogP contribution in [0.25, 0.3) is 0 Å². The Morgan fingerprint density at radius 2 is 1.70 bits per heavy atom. The monoisotopic (exact) mass is 415 g/mol. The fourth-order valence-corrected chi connectivity index (χ4v) is 4.08. The summed E-state index contributed by atoms with van der Waals surface area (Å²) in [4.78, 5) is 9.77. The van der Waals surface area contributed by atoms with Gasteiger partial charge < -0.3 is 5.11 Å². The van der Waals surface area contributed by atoms with Gasteiger partial charge in [0.1, 0.15) is 0 Å². The Morgan fingerprint density at radius 1 is 1.07 bits per heavy atom. The number of aliphatic hydroxyl groups is 1. The summed E-state index contributed by atoms with van der Waals surface area (Å²) in [6.07, 6.45) is 0.269. The first-order valence-electron chi connectivity index (χ1n) is 7.54. The number of non-ortho nitro benzene ring substituents is 1. The second-order valence-electron chi connectivity index (χ2n) is 5.54. The zero-order valence-corrected chi connectivity index (χ0v) is 15.5. The third-order valence-corrected chi connectivity index (χ3v) is 6.16. The molecule has 2 aromatic carbocycles. The van der Waals surface area contributed by atoms with E-state index in [4.69, 9.17) is 5.14 Å². The van der Waals surface area contributed by atoms with Crippen molar-refractivity contribution in [3.8, 4) is 0 Å². The van der Waals surface area contributed by atoms with Crippen molar-refractivity contribution in [2.24, 2.45) is 5.14 Å². The van der Waals surface area contributed by atoms with Crippen molar-refractivity contribution < 1.29 is 26.9 Å². The number of nitrogens with one attached hydrogen (secondary N) is 1. The quantitative estimate of drug-likeness (QED) is 0.410. The van der Waals surface area contributed by atoms with Crippen LogP contribution in [0.2, 0.25) is 0 Å². The molecule has 0 aromatic heterocycles. The van der Waals surface area contributed by atoms with Gasteiger partial charge in [0.15, 0.2) is 0 Å². The van der Waals surface area contributed by atoms with Crippen LogP contribution < -0.4 is 9.86 Å². The summed E-state index contributed by atoms with van der Waals surface area (Å²) in [6.45, 7) is -0.675. The number of nitrogens with two attached hydrogens (primary N) is 1. The number of sulfonamides is 2. The van der Waals surface area contributed by atoms with E-state index in [1.807, 2.05) is 0 Å². The fraction of sp³-hybridized carbons (Fsp3) is 0.200. The van der Waals surface area contributed by atoms with Gasteiger partial charge in [-0.3, -0.25) is 10.1 Å². The Hall–Kier alpha value is -2.38. The smallest absolute Gasteiger partial charge is 0.269 e. The van der Waals surface area contributed by atoms with E-state index >= 15 is 0 Å². The van der Waals surface area contributed by atoms with E-state index in [-0.39, 0.29) is 34.0 Å². The number of nitrogens with zero attached hydrogens (tertiary/aromatic N) is 1. The highest BCUT2D eigenvalue weighted by Crippen LogP contribution is 2.22. The van der Waals surface area contributed by atoms with E-state index < -0.39 is 31.6 Å². The van der Waals surface area contributed by atoms with Gasteiger partial charge in [-0.2, -0.15) is 0 Å². The molecule has 12 heteroatoms. The minimum Gasteiger partial charge on any atom is -0.392 e. The van der Waals surface area contributed by atoms with Crippen molar-refractivity contribution in [2.75, 3.05) is 6.54 Å². The lowest BCUT2D eigenvalue weighted by Gasteiger charge is -2.10. The van der Waals surface area contributed by atoms with Crippen molar-refractivity contribution in [3.05, 3.63) is 63.7 Å². The van der Waals surface area contributed by atoms with Crippen molar-refractivity contribution in [2.45, 2.75) is 22.8 Å². The van der Waals surface area contributed by atoms with Gasteiger partial charge >= 0.3 is 0 Å². The first-order chi connectivity index (χ1) is 12.5. The Balaban J connectivity index is 2.10. The summed E-state index contributed by atoms with van der Waals surface area (Å²) in [5.41, 5.74) is 0.262. The lowest BCUT2D eigenvalue weighted by atomic mass is 10.2.